The molecule has 132 valence electrons. The number of nitrogens with one attached hydrogen (secondary N) is 2. The minimum absolute atomic E-state index is 0.114. The molecule has 1 fully saturated rings. The summed E-state index contributed by atoms with van der Waals surface area (Å²) in [7, 11) is 0. The normalized spacial score (nSPS) is 16.5. The van der Waals surface area contributed by atoms with E-state index in [0.29, 0.717) is 11.6 Å². The standard InChI is InChI=1S/C18H19N7O/c26-18(22-14-7-10-24(12-14)16-5-2-1-3-6-16)23-15-11-21-25(13-15)17-19-8-4-9-20-17/h1-6,8-9,11,13-14H,7,10,12H2,(H2,22,23,26). The van der Waals surface area contributed by atoms with Crippen LogP contribution in [0, 0.1) is 0 Å². The summed E-state index contributed by atoms with van der Waals surface area (Å²) in [6.45, 7) is 1.73. The molecule has 1 aromatic carbocycles. The summed E-state index contributed by atoms with van der Waals surface area (Å²) in [5.74, 6) is 0.454. The Labute approximate surface area is 150 Å². The maximum absolute atomic E-state index is 12.2. The SMILES string of the molecule is O=C(Nc1cnn(-c2ncccn2)c1)NC1CCN(c2ccccc2)C1. The second kappa shape index (κ2) is 7.22. The smallest absolute Gasteiger partial charge is 0.319 e. The number of carbonyl (C=O) groups is 1. The maximum Gasteiger partial charge on any atom is 0.319 e. The van der Waals surface area contributed by atoms with Crippen molar-refractivity contribution in [1.29, 1.82) is 0 Å². The van der Waals surface area contributed by atoms with Crippen molar-refractivity contribution in [1.82, 2.24) is 25.1 Å². The van der Waals surface area contributed by atoms with Gasteiger partial charge in [0.2, 0.25) is 5.95 Å². The van der Waals surface area contributed by atoms with Crippen molar-refractivity contribution < 1.29 is 4.79 Å². The molecule has 26 heavy (non-hydrogen) atoms. The summed E-state index contributed by atoms with van der Waals surface area (Å²) >= 11 is 0. The van der Waals surface area contributed by atoms with Gasteiger partial charge in [-0.2, -0.15) is 5.10 Å². The summed E-state index contributed by atoms with van der Waals surface area (Å²) < 4.78 is 1.52. The monoisotopic (exact) mass is 349 g/mol. The minimum atomic E-state index is -0.238. The number of benzene rings is 1. The van der Waals surface area contributed by atoms with Crippen molar-refractivity contribution in [3.05, 3.63) is 61.2 Å². The second-order valence-electron chi connectivity index (χ2n) is 6.09. The van der Waals surface area contributed by atoms with E-state index in [2.05, 4.69) is 42.7 Å². The Morgan fingerprint density at radius 3 is 2.73 bits per heavy atom. The molecule has 2 aromatic heterocycles. The van der Waals surface area contributed by atoms with Crippen LogP contribution in [0.15, 0.2) is 61.2 Å². The van der Waals surface area contributed by atoms with E-state index in [-0.39, 0.29) is 12.1 Å². The largest absolute Gasteiger partial charge is 0.369 e. The van der Waals surface area contributed by atoms with Crippen molar-refractivity contribution in [2.45, 2.75) is 12.5 Å². The number of nitrogens with zero attached hydrogens (tertiary/aromatic N) is 5. The van der Waals surface area contributed by atoms with Gasteiger partial charge in [-0.15, -0.1) is 0 Å². The van der Waals surface area contributed by atoms with Crippen molar-refractivity contribution in [2.24, 2.45) is 0 Å². The van der Waals surface area contributed by atoms with Crippen LogP contribution in [0.3, 0.4) is 0 Å². The van der Waals surface area contributed by atoms with Crippen LogP contribution in [0.4, 0.5) is 16.2 Å². The Bertz CT molecular complexity index is 866. The van der Waals surface area contributed by atoms with Crippen LogP contribution in [-0.2, 0) is 0 Å². The fourth-order valence-electron chi connectivity index (χ4n) is 3.01. The number of hydrogen-bond acceptors (Lipinski definition) is 5. The Kier molecular flexibility index (Phi) is 4.46. The molecular weight excluding hydrogens is 330 g/mol. The van der Waals surface area contributed by atoms with Crippen LogP contribution in [0.2, 0.25) is 0 Å². The minimum Gasteiger partial charge on any atom is -0.369 e. The zero-order valence-electron chi connectivity index (χ0n) is 14.1. The Balaban J connectivity index is 1.32. The van der Waals surface area contributed by atoms with E-state index in [0.717, 1.165) is 19.5 Å². The lowest BCUT2D eigenvalue weighted by atomic mass is 10.3. The molecule has 1 aliphatic heterocycles. The molecule has 0 spiro atoms. The third-order valence-electron chi connectivity index (χ3n) is 4.24. The lowest BCUT2D eigenvalue weighted by molar-refractivity contribution is 0.249. The van der Waals surface area contributed by atoms with E-state index in [1.807, 2.05) is 18.2 Å². The zero-order valence-corrected chi connectivity index (χ0v) is 14.1. The fourth-order valence-corrected chi connectivity index (χ4v) is 3.01. The lowest BCUT2D eigenvalue weighted by Gasteiger charge is -2.19. The molecule has 0 radical (unpaired) electrons. The summed E-state index contributed by atoms with van der Waals surface area (Å²) in [5, 5.41) is 9.99. The number of anilines is 2. The number of aromatic nitrogens is 4. The molecule has 0 aliphatic carbocycles. The highest BCUT2D eigenvalue weighted by molar-refractivity contribution is 5.89. The number of urea groups is 1. The Hall–Kier alpha value is -3.42. The summed E-state index contributed by atoms with van der Waals surface area (Å²) in [6.07, 6.45) is 7.45. The van der Waals surface area contributed by atoms with Crippen LogP contribution in [-0.4, -0.2) is 44.9 Å². The number of para-hydroxylation sites is 1. The molecule has 0 bridgehead atoms. The second-order valence-corrected chi connectivity index (χ2v) is 6.09. The molecular formula is C18H19N7O. The van der Waals surface area contributed by atoms with Gasteiger partial charge in [-0.05, 0) is 24.6 Å². The van der Waals surface area contributed by atoms with Crippen molar-refractivity contribution in [2.75, 3.05) is 23.3 Å². The third-order valence-corrected chi connectivity index (χ3v) is 4.24. The first-order chi connectivity index (χ1) is 12.8. The van der Waals surface area contributed by atoms with E-state index in [4.69, 9.17) is 0 Å². The van der Waals surface area contributed by atoms with Crippen molar-refractivity contribution in [3.8, 4) is 5.95 Å². The van der Waals surface area contributed by atoms with Crippen LogP contribution in [0.25, 0.3) is 5.95 Å². The average Bonchev–Trinajstić information content (AvgIpc) is 3.33. The van der Waals surface area contributed by atoms with Gasteiger partial charge in [-0.1, -0.05) is 18.2 Å². The van der Waals surface area contributed by atoms with Gasteiger partial charge in [0.1, 0.15) is 0 Å². The van der Waals surface area contributed by atoms with E-state index in [1.54, 1.807) is 30.9 Å². The van der Waals surface area contributed by atoms with Gasteiger partial charge < -0.3 is 15.5 Å². The molecule has 1 unspecified atom stereocenters. The number of hydrogen-bond donors (Lipinski definition) is 2. The Morgan fingerprint density at radius 2 is 1.92 bits per heavy atom. The van der Waals surface area contributed by atoms with Crippen LogP contribution >= 0.6 is 0 Å². The third kappa shape index (κ3) is 3.64. The van der Waals surface area contributed by atoms with E-state index < -0.39 is 0 Å². The van der Waals surface area contributed by atoms with Gasteiger partial charge in [0.15, 0.2) is 0 Å². The molecule has 8 heteroatoms. The van der Waals surface area contributed by atoms with Crippen LogP contribution < -0.4 is 15.5 Å². The predicted octanol–water partition coefficient (Wildman–Crippen LogP) is 2.06. The molecule has 2 N–H and O–H groups in total. The summed E-state index contributed by atoms with van der Waals surface area (Å²) in [5.41, 5.74) is 1.77. The van der Waals surface area contributed by atoms with Gasteiger partial charge in [0, 0.05) is 37.2 Å². The highest BCUT2D eigenvalue weighted by atomic mass is 16.2. The van der Waals surface area contributed by atoms with Gasteiger partial charge in [0.25, 0.3) is 0 Å². The van der Waals surface area contributed by atoms with Crippen LogP contribution in [0.5, 0.6) is 0 Å². The summed E-state index contributed by atoms with van der Waals surface area (Å²) in [6, 6.07) is 11.8. The van der Waals surface area contributed by atoms with E-state index in [9.17, 15) is 4.79 Å². The highest BCUT2D eigenvalue weighted by Gasteiger charge is 2.24. The lowest BCUT2D eigenvalue weighted by Crippen LogP contribution is -2.39. The zero-order chi connectivity index (χ0) is 17.8. The van der Waals surface area contributed by atoms with Crippen molar-refractivity contribution in [3.63, 3.8) is 0 Å². The topological polar surface area (TPSA) is 88.0 Å². The molecule has 3 aromatic rings. The molecule has 8 nitrogen and oxygen atoms in total. The first kappa shape index (κ1) is 16.1. The molecule has 3 heterocycles. The molecule has 1 saturated heterocycles. The quantitative estimate of drug-likeness (QED) is 0.753. The van der Waals surface area contributed by atoms with Crippen LogP contribution in [0.1, 0.15) is 6.42 Å². The first-order valence-corrected chi connectivity index (χ1v) is 8.47. The molecule has 1 aliphatic rings. The summed E-state index contributed by atoms with van der Waals surface area (Å²) in [4.78, 5) is 22.8. The molecule has 1 atom stereocenters. The average molecular weight is 349 g/mol. The van der Waals surface area contributed by atoms with Gasteiger partial charge >= 0.3 is 6.03 Å². The van der Waals surface area contributed by atoms with Gasteiger partial charge in [-0.25, -0.2) is 19.4 Å². The number of carbonyl (C=O) groups excluding carboxylic acids is 1. The van der Waals surface area contributed by atoms with E-state index >= 15 is 0 Å². The number of rotatable bonds is 4. The highest BCUT2D eigenvalue weighted by Crippen LogP contribution is 2.19. The molecule has 2 amide bonds. The molecule has 4 rings (SSSR count). The maximum atomic E-state index is 12.2. The van der Waals surface area contributed by atoms with Gasteiger partial charge in [0.05, 0.1) is 18.1 Å². The number of amides is 2. The van der Waals surface area contributed by atoms with Crippen molar-refractivity contribution >= 4 is 17.4 Å². The first-order valence-electron chi connectivity index (χ1n) is 8.47. The molecule has 0 saturated carbocycles. The van der Waals surface area contributed by atoms with Gasteiger partial charge in [-0.3, -0.25) is 0 Å². The predicted molar refractivity (Wildman–Crippen MR) is 98.4 cm³/mol. The fraction of sp³-hybridized carbons (Fsp3) is 0.222. The Morgan fingerprint density at radius 1 is 1.12 bits per heavy atom. The van der Waals surface area contributed by atoms with E-state index in [1.165, 1.54) is 10.4 Å².